The van der Waals surface area contributed by atoms with Crippen LogP contribution in [-0.2, 0) is 0 Å². The number of benzene rings is 1. The van der Waals surface area contributed by atoms with Crippen LogP contribution in [0.4, 0.5) is 4.39 Å². The quantitative estimate of drug-likeness (QED) is 0.604. The molecule has 0 saturated carbocycles. The van der Waals surface area contributed by atoms with E-state index in [1.165, 1.54) is 6.07 Å². The van der Waals surface area contributed by atoms with Crippen molar-refractivity contribution >= 4 is 40.7 Å². The first-order valence-corrected chi connectivity index (χ1v) is 6.38. The van der Waals surface area contributed by atoms with E-state index in [1.807, 2.05) is 6.26 Å². The number of hydrogen-bond donors (Lipinski definition) is 0. The number of carbonyl (C=O) groups excluding carboxylic acids is 1. The molecule has 0 aliphatic carbocycles. The lowest BCUT2D eigenvalue weighted by Crippen LogP contribution is -2.02. The van der Waals surface area contributed by atoms with Crippen LogP contribution in [0.3, 0.4) is 0 Å². The highest BCUT2D eigenvalue weighted by atomic mass is 35.5. The number of Topliss-reactive ketones (excluding diaryl/α,β-unsaturated/α-hetero) is 1. The highest BCUT2D eigenvalue weighted by molar-refractivity contribution is 7.98. The molecule has 1 aromatic carbocycles. The molecule has 0 aliphatic rings. The van der Waals surface area contributed by atoms with Crippen molar-refractivity contribution in [2.24, 2.45) is 0 Å². The highest BCUT2D eigenvalue weighted by Crippen LogP contribution is 2.25. The number of hydrogen-bond acceptors (Lipinski definition) is 2. The molecule has 0 aliphatic heterocycles. The van der Waals surface area contributed by atoms with Gasteiger partial charge in [-0.25, -0.2) is 4.39 Å². The van der Waals surface area contributed by atoms with Crippen LogP contribution in [0.25, 0.3) is 0 Å². The van der Waals surface area contributed by atoms with Crippen molar-refractivity contribution in [3.63, 3.8) is 0 Å². The van der Waals surface area contributed by atoms with E-state index in [2.05, 4.69) is 0 Å². The molecule has 0 fully saturated rings. The van der Waals surface area contributed by atoms with E-state index in [0.717, 1.165) is 6.07 Å². The molecule has 0 heterocycles. The van der Waals surface area contributed by atoms with Gasteiger partial charge in [-0.1, -0.05) is 23.2 Å². The summed E-state index contributed by atoms with van der Waals surface area (Å²) in [6.07, 6.45) is 2.23. The van der Waals surface area contributed by atoms with Gasteiger partial charge in [-0.2, -0.15) is 11.8 Å². The molecule has 1 nitrogen and oxygen atoms in total. The Kier molecular flexibility index (Phi) is 4.90. The standard InChI is InChI=1S/C10H9Cl2FOS/c1-15-3-2-9(14)7-4-6(11)5-8(13)10(7)12/h4-5H,2-3H2,1H3. The van der Waals surface area contributed by atoms with Crippen molar-refractivity contribution in [2.75, 3.05) is 12.0 Å². The van der Waals surface area contributed by atoms with Gasteiger partial charge in [-0.3, -0.25) is 4.79 Å². The van der Waals surface area contributed by atoms with Crippen LogP contribution in [-0.4, -0.2) is 17.8 Å². The fourth-order valence-corrected chi connectivity index (χ4v) is 1.90. The zero-order valence-corrected chi connectivity index (χ0v) is 10.3. The summed E-state index contributed by atoms with van der Waals surface area (Å²) in [6, 6.07) is 2.49. The van der Waals surface area contributed by atoms with E-state index in [4.69, 9.17) is 23.2 Å². The van der Waals surface area contributed by atoms with Crippen molar-refractivity contribution in [2.45, 2.75) is 6.42 Å². The molecule has 1 rings (SSSR count). The lowest BCUT2D eigenvalue weighted by atomic mass is 10.1. The molecule has 1 aromatic rings. The SMILES string of the molecule is CSCCC(=O)c1cc(Cl)cc(F)c1Cl. The van der Waals surface area contributed by atoms with Gasteiger partial charge in [0.2, 0.25) is 0 Å². The maximum absolute atomic E-state index is 13.1. The Balaban J connectivity index is 2.98. The van der Waals surface area contributed by atoms with Crippen LogP contribution < -0.4 is 0 Å². The minimum absolute atomic E-state index is 0.148. The molecule has 0 spiro atoms. The summed E-state index contributed by atoms with van der Waals surface area (Å²) in [6.45, 7) is 0. The predicted molar refractivity (Wildman–Crippen MR) is 63.7 cm³/mol. The van der Waals surface area contributed by atoms with E-state index in [-0.39, 0.29) is 21.4 Å². The largest absolute Gasteiger partial charge is 0.294 e. The molecular weight excluding hydrogens is 258 g/mol. The van der Waals surface area contributed by atoms with Crippen LogP contribution >= 0.6 is 35.0 Å². The monoisotopic (exact) mass is 266 g/mol. The molecule has 0 atom stereocenters. The summed E-state index contributed by atoms with van der Waals surface area (Å²) in [5.41, 5.74) is 0.163. The average Bonchev–Trinajstić information content (AvgIpc) is 2.19. The van der Waals surface area contributed by atoms with Gasteiger partial charge in [-0.15, -0.1) is 0 Å². The molecule has 0 amide bonds. The van der Waals surface area contributed by atoms with Crippen LogP contribution in [0.5, 0.6) is 0 Å². The summed E-state index contributed by atoms with van der Waals surface area (Å²) in [7, 11) is 0. The first kappa shape index (κ1) is 12.8. The zero-order chi connectivity index (χ0) is 11.4. The fourth-order valence-electron chi connectivity index (χ4n) is 1.09. The Morgan fingerprint density at radius 3 is 2.73 bits per heavy atom. The van der Waals surface area contributed by atoms with Crippen molar-refractivity contribution in [1.82, 2.24) is 0 Å². The van der Waals surface area contributed by atoms with E-state index in [9.17, 15) is 9.18 Å². The van der Waals surface area contributed by atoms with Gasteiger partial charge in [0.15, 0.2) is 5.78 Å². The Morgan fingerprint density at radius 2 is 2.13 bits per heavy atom. The summed E-state index contributed by atoms with van der Waals surface area (Å²) in [4.78, 5) is 11.6. The second-order valence-corrected chi connectivity index (χ2v) is 4.72. The molecule has 0 aromatic heterocycles. The molecular formula is C10H9Cl2FOS. The van der Waals surface area contributed by atoms with Gasteiger partial charge < -0.3 is 0 Å². The Labute approximate surface area is 102 Å². The van der Waals surface area contributed by atoms with Crippen LogP contribution in [0, 0.1) is 5.82 Å². The minimum Gasteiger partial charge on any atom is -0.294 e. The van der Waals surface area contributed by atoms with E-state index in [0.29, 0.717) is 12.2 Å². The van der Waals surface area contributed by atoms with Gasteiger partial charge in [0.25, 0.3) is 0 Å². The maximum Gasteiger partial charge on any atom is 0.165 e. The van der Waals surface area contributed by atoms with E-state index < -0.39 is 5.82 Å². The predicted octanol–water partition coefficient (Wildman–Crippen LogP) is 4.07. The topological polar surface area (TPSA) is 17.1 Å². The first-order chi connectivity index (χ1) is 7.06. The van der Waals surface area contributed by atoms with E-state index >= 15 is 0 Å². The van der Waals surface area contributed by atoms with Gasteiger partial charge in [0.1, 0.15) is 5.82 Å². The molecule has 0 bridgehead atoms. The van der Waals surface area contributed by atoms with Crippen molar-refractivity contribution in [3.8, 4) is 0 Å². The van der Waals surface area contributed by atoms with Crippen molar-refractivity contribution in [3.05, 3.63) is 33.6 Å². The molecule has 0 radical (unpaired) electrons. The smallest absolute Gasteiger partial charge is 0.165 e. The highest BCUT2D eigenvalue weighted by Gasteiger charge is 2.14. The van der Waals surface area contributed by atoms with Gasteiger partial charge in [-0.05, 0) is 18.4 Å². The number of carbonyl (C=O) groups is 1. The summed E-state index contributed by atoms with van der Waals surface area (Å²) >= 11 is 12.9. The van der Waals surface area contributed by atoms with Crippen LogP contribution in [0.15, 0.2) is 12.1 Å². The lowest BCUT2D eigenvalue weighted by molar-refractivity contribution is 0.0989. The summed E-state index contributed by atoms with van der Waals surface area (Å²) < 4.78 is 13.1. The summed E-state index contributed by atoms with van der Waals surface area (Å²) in [5.74, 6) is -0.157. The number of rotatable bonds is 4. The Morgan fingerprint density at radius 1 is 1.47 bits per heavy atom. The molecule has 0 saturated heterocycles. The zero-order valence-electron chi connectivity index (χ0n) is 8.02. The van der Waals surface area contributed by atoms with E-state index in [1.54, 1.807) is 11.8 Å². The number of halogens is 3. The summed E-state index contributed by atoms with van der Waals surface area (Å²) in [5, 5.41) is 0.0369. The first-order valence-electron chi connectivity index (χ1n) is 4.23. The third kappa shape index (κ3) is 3.37. The molecule has 82 valence electrons. The van der Waals surface area contributed by atoms with Crippen molar-refractivity contribution in [1.29, 1.82) is 0 Å². The molecule has 0 N–H and O–H groups in total. The maximum atomic E-state index is 13.1. The van der Waals surface area contributed by atoms with Gasteiger partial charge in [0.05, 0.1) is 5.02 Å². The van der Waals surface area contributed by atoms with Crippen LogP contribution in [0.1, 0.15) is 16.8 Å². The van der Waals surface area contributed by atoms with Crippen molar-refractivity contribution < 1.29 is 9.18 Å². The lowest BCUT2D eigenvalue weighted by Gasteiger charge is -2.04. The second kappa shape index (κ2) is 5.73. The normalized spacial score (nSPS) is 10.4. The fraction of sp³-hybridized carbons (Fsp3) is 0.300. The second-order valence-electron chi connectivity index (χ2n) is 2.92. The average molecular weight is 267 g/mol. The third-order valence-corrected chi connectivity index (χ3v) is 3.04. The van der Waals surface area contributed by atoms with Crippen LogP contribution in [0.2, 0.25) is 10.0 Å². The number of ketones is 1. The van der Waals surface area contributed by atoms with Gasteiger partial charge >= 0.3 is 0 Å². The molecule has 0 unspecified atom stereocenters. The molecule has 5 heteroatoms. The van der Waals surface area contributed by atoms with Gasteiger partial charge in [0, 0.05) is 22.8 Å². The Hall–Kier alpha value is -0.250. The molecule has 15 heavy (non-hydrogen) atoms. The third-order valence-electron chi connectivity index (χ3n) is 1.83. The number of thioether (sulfide) groups is 1. The minimum atomic E-state index is -0.656. The Bertz CT molecular complexity index is 382.